The first-order valence-corrected chi connectivity index (χ1v) is 6.78. The molecule has 1 aromatic carbocycles. The molecule has 0 spiro atoms. The molecule has 1 amide bonds. The second-order valence-electron chi connectivity index (χ2n) is 4.38. The third-order valence-electron chi connectivity index (χ3n) is 3.01. The van der Waals surface area contributed by atoms with Crippen LogP contribution >= 0.6 is 11.8 Å². The van der Waals surface area contributed by atoms with Crippen LogP contribution in [-0.2, 0) is 11.9 Å². The van der Waals surface area contributed by atoms with Crippen LogP contribution in [0.1, 0.15) is 11.1 Å². The lowest BCUT2D eigenvalue weighted by Crippen LogP contribution is -2.51. The maximum absolute atomic E-state index is 13.5. The Labute approximate surface area is 116 Å². The monoisotopic (exact) mass is 309 g/mol. The minimum absolute atomic E-state index is 0.0909. The molecule has 0 aliphatic carbocycles. The summed E-state index contributed by atoms with van der Waals surface area (Å²) in [6, 6.07) is 2.88. The summed E-state index contributed by atoms with van der Waals surface area (Å²) in [6.45, 7) is 0.519. The molecule has 0 atom stereocenters. The predicted octanol–water partition coefficient (Wildman–Crippen LogP) is 3.44. The molecular formula is C12H11F4NO2S. The molecule has 3 nitrogen and oxygen atoms in total. The molecular weight excluding hydrogens is 298 g/mol. The zero-order valence-electron chi connectivity index (χ0n) is 10.2. The number of likely N-dealkylation sites (tertiary alicyclic amines) is 1. The molecule has 1 heterocycles. The fourth-order valence-corrected chi connectivity index (χ4v) is 3.14. The van der Waals surface area contributed by atoms with Gasteiger partial charge in [0.05, 0.1) is 5.56 Å². The highest BCUT2D eigenvalue weighted by molar-refractivity contribution is 7.99. The van der Waals surface area contributed by atoms with Crippen molar-refractivity contribution >= 4 is 17.9 Å². The number of hydrogen-bond acceptors (Lipinski definition) is 2. The largest absolute Gasteiger partial charge is 0.465 e. The van der Waals surface area contributed by atoms with Crippen LogP contribution in [0.5, 0.6) is 0 Å². The van der Waals surface area contributed by atoms with E-state index in [0.29, 0.717) is 0 Å². The first-order chi connectivity index (χ1) is 9.29. The number of carbonyl (C=O) groups is 1. The SMILES string of the molecule is O=C(O)N1CC(SCc2c(F)cccc2C(F)(F)F)C1. The minimum Gasteiger partial charge on any atom is -0.465 e. The van der Waals surface area contributed by atoms with Gasteiger partial charge in [0.2, 0.25) is 0 Å². The zero-order chi connectivity index (χ0) is 14.9. The standard InChI is InChI=1S/C12H11F4NO2S/c13-10-3-1-2-9(12(14,15)16)8(10)6-20-7-4-17(5-7)11(18)19/h1-3,7H,4-6H2,(H,18,19). The first kappa shape index (κ1) is 15.0. The van der Waals surface area contributed by atoms with Crippen molar-refractivity contribution in [1.29, 1.82) is 0 Å². The topological polar surface area (TPSA) is 40.5 Å². The Kier molecular flexibility index (Phi) is 4.12. The lowest BCUT2D eigenvalue weighted by atomic mass is 10.1. The van der Waals surface area contributed by atoms with Crippen molar-refractivity contribution in [2.24, 2.45) is 0 Å². The van der Waals surface area contributed by atoms with Crippen LogP contribution in [0.2, 0.25) is 0 Å². The van der Waals surface area contributed by atoms with Crippen molar-refractivity contribution in [1.82, 2.24) is 4.90 Å². The number of alkyl halides is 3. The smallest absolute Gasteiger partial charge is 0.416 e. The van der Waals surface area contributed by atoms with Crippen LogP contribution in [0.15, 0.2) is 18.2 Å². The molecule has 8 heteroatoms. The second kappa shape index (κ2) is 5.51. The Morgan fingerprint density at radius 2 is 2.05 bits per heavy atom. The van der Waals surface area contributed by atoms with E-state index in [9.17, 15) is 22.4 Å². The molecule has 1 aliphatic rings. The van der Waals surface area contributed by atoms with E-state index in [0.717, 1.165) is 34.9 Å². The Hall–Kier alpha value is -1.44. The molecule has 1 fully saturated rings. The van der Waals surface area contributed by atoms with Crippen molar-refractivity contribution in [2.75, 3.05) is 13.1 Å². The molecule has 0 bridgehead atoms. The van der Waals surface area contributed by atoms with Gasteiger partial charge in [-0.15, -0.1) is 11.8 Å². The summed E-state index contributed by atoms with van der Waals surface area (Å²) in [4.78, 5) is 11.7. The van der Waals surface area contributed by atoms with Crippen LogP contribution in [-0.4, -0.2) is 34.4 Å². The van der Waals surface area contributed by atoms with E-state index in [2.05, 4.69) is 0 Å². The number of amides is 1. The highest BCUT2D eigenvalue weighted by Gasteiger charge is 2.36. The number of thioether (sulfide) groups is 1. The maximum atomic E-state index is 13.5. The van der Waals surface area contributed by atoms with Gasteiger partial charge in [0, 0.05) is 29.7 Å². The normalized spacial score (nSPS) is 16.1. The molecule has 1 aliphatic heterocycles. The Bertz CT molecular complexity index is 515. The zero-order valence-corrected chi connectivity index (χ0v) is 11.0. The molecule has 2 rings (SSSR count). The Morgan fingerprint density at radius 1 is 1.40 bits per heavy atom. The van der Waals surface area contributed by atoms with Gasteiger partial charge >= 0.3 is 12.3 Å². The average molecular weight is 309 g/mol. The summed E-state index contributed by atoms with van der Waals surface area (Å²) >= 11 is 1.14. The summed E-state index contributed by atoms with van der Waals surface area (Å²) in [5.74, 6) is -1.01. The Morgan fingerprint density at radius 3 is 2.60 bits per heavy atom. The summed E-state index contributed by atoms with van der Waals surface area (Å²) in [6.07, 6.45) is -5.64. The maximum Gasteiger partial charge on any atom is 0.416 e. The summed E-state index contributed by atoms with van der Waals surface area (Å²) in [5.41, 5.74) is -1.35. The lowest BCUT2D eigenvalue weighted by Gasteiger charge is -2.36. The van der Waals surface area contributed by atoms with Crippen LogP contribution in [0.3, 0.4) is 0 Å². The minimum atomic E-state index is -4.59. The highest BCUT2D eigenvalue weighted by atomic mass is 32.2. The molecule has 1 aromatic rings. The van der Waals surface area contributed by atoms with E-state index < -0.39 is 23.7 Å². The third-order valence-corrected chi connectivity index (χ3v) is 4.23. The van der Waals surface area contributed by atoms with Crippen LogP contribution < -0.4 is 0 Å². The number of halogens is 4. The molecule has 0 radical (unpaired) electrons. The summed E-state index contributed by atoms with van der Waals surface area (Å²) < 4.78 is 51.8. The third kappa shape index (κ3) is 3.17. The number of hydrogen-bond donors (Lipinski definition) is 1. The molecule has 1 N–H and O–H groups in total. The van der Waals surface area contributed by atoms with Crippen molar-refractivity contribution in [3.05, 3.63) is 35.1 Å². The van der Waals surface area contributed by atoms with E-state index in [1.807, 2.05) is 0 Å². The van der Waals surface area contributed by atoms with Gasteiger partial charge in [0.25, 0.3) is 0 Å². The van der Waals surface area contributed by atoms with Crippen molar-refractivity contribution < 1.29 is 27.5 Å². The van der Waals surface area contributed by atoms with Gasteiger partial charge < -0.3 is 10.0 Å². The molecule has 0 unspecified atom stereocenters. The van der Waals surface area contributed by atoms with Gasteiger partial charge in [0.1, 0.15) is 5.82 Å². The van der Waals surface area contributed by atoms with Crippen molar-refractivity contribution in [2.45, 2.75) is 17.2 Å². The quantitative estimate of drug-likeness (QED) is 0.870. The van der Waals surface area contributed by atoms with E-state index in [1.165, 1.54) is 0 Å². The lowest BCUT2D eigenvalue weighted by molar-refractivity contribution is -0.138. The van der Waals surface area contributed by atoms with Gasteiger partial charge in [-0.2, -0.15) is 13.2 Å². The first-order valence-electron chi connectivity index (χ1n) is 5.73. The van der Waals surface area contributed by atoms with E-state index in [4.69, 9.17) is 5.11 Å². The van der Waals surface area contributed by atoms with E-state index in [1.54, 1.807) is 0 Å². The fourth-order valence-electron chi connectivity index (χ4n) is 1.87. The molecule has 0 saturated carbocycles. The van der Waals surface area contributed by atoms with E-state index in [-0.39, 0.29) is 29.7 Å². The number of benzene rings is 1. The van der Waals surface area contributed by atoms with Crippen molar-refractivity contribution in [3.63, 3.8) is 0 Å². The number of carboxylic acid groups (broad SMARTS) is 1. The van der Waals surface area contributed by atoms with Gasteiger partial charge in [-0.05, 0) is 12.1 Å². The number of nitrogens with zero attached hydrogens (tertiary/aromatic N) is 1. The van der Waals surface area contributed by atoms with Gasteiger partial charge in [-0.3, -0.25) is 0 Å². The van der Waals surface area contributed by atoms with Crippen LogP contribution in [0.4, 0.5) is 22.4 Å². The molecule has 1 saturated heterocycles. The number of rotatable bonds is 3. The molecule has 20 heavy (non-hydrogen) atoms. The van der Waals surface area contributed by atoms with Crippen LogP contribution in [0.25, 0.3) is 0 Å². The van der Waals surface area contributed by atoms with Gasteiger partial charge in [0.15, 0.2) is 0 Å². The van der Waals surface area contributed by atoms with Crippen LogP contribution in [0, 0.1) is 5.82 Å². The second-order valence-corrected chi connectivity index (χ2v) is 5.67. The fraction of sp³-hybridized carbons (Fsp3) is 0.417. The predicted molar refractivity (Wildman–Crippen MR) is 66.1 cm³/mol. The molecule has 0 aromatic heterocycles. The van der Waals surface area contributed by atoms with Gasteiger partial charge in [-0.1, -0.05) is 6.07 Å². The molecule has 110 valence electrons. The Balaban J connectivity index is 2.02. The van der Waals surface area contributed by atoms with Crippen molar-refractivity contribution in [3.8, 4) is 0 Å². The van der Waals surface area contributed by atoms with E-state index >= 15 is 0 Å². The summed E-state index contributed by atoms with van der Waals surface area (Å²) in [7, 11) is 0. The average Bonchev–Trinajstić information content (AvgIpc) is 2.26. The summed E-state index contributed by atoms with van der Waals surface area (Å²) in [5, 5.41) is 8.55. The highest BCUT2D eigenvalue weighted by Crippen LogP contribution is 2.36. The van der Waals surface area contributed by atoms with Gasteiger partial charge in [-0.25, -0.2) is 9.18 Å².